The van der Waals surface area contributed by atoms with Gasteiger partial charge in [0.25, 0.3) is 0 Å². The van der Waals surface area contributed by atoms with E-state index >= 15 is 0 Å². The summed E-state index contributed by atoms with van der Waals surface area (Å²) in [5.41, 5.74) is -2.40. The molecule has 3 fully saturated rings. The summed E-state index contributed by atoms with van der Waals surface area (Å²) in [6.07, 6.45) is 8.41. The number of carbonyl (C=O) groups is 4. The van der Waals surface area contributed by atoms with E-state index in [4.69, 9.17) is 14.6 Å². The van der Waals surface area contributed by atoms with Gasteiger partial charge in [-0.15, -0.1) is 0 Å². The number of carboxylic acid groups (broad SMARTS) is 1. The standard InChI is InChI=1S/C10H18O3.C10H16O3.C8H14O3.BH4.Li.Na.H2O/c2*1-3-13-9(12)10(2)7-5-4-6-8(10)11;1-8(7(10)11)5-3-2-4-6(8)9;;;;/h8,11H,3-7H2,1-2H3;3-7H2,1-2H3;6,9H,2-5H2,1H3,(H,10,11);1H4;;;1H2/q;;;-1;2*+1;/p-1. The van der Waals surface area contributed by atoms with E-state index in [1.807, 2.05) is 0 Å². The fraction of sp³-hybridized carbons (Fsp3) is 0.857. The molecule has 3 saturated carbocycles. The summed E-state index contributed by atoms with van der Waals surface area (Å²) in [5, 5.41) is 28.0. The van der Waals surface area contributed by atoms with Gasteiger partial charge in [-0.25, -0.2) is 0 Å². The second kappa shape index (κ2) is 22.2. The first kappa shape index (κ1) is 47.6. The molecule has 4 N–H and O–H groups in total. The zero-order valence-electron chi connectivity index (χ0n) is 25.8. The van der Waals surface area contributed by atoms with Crippen molar-refractivity contribution in [3.8, 4) is 0 Å². The molecular formula is C28H53BLiNaO10. The van der Waals surface area contributed by atoms with Crippen molar-refractivity contribution < 1.29 is 97.9 Å². The molecule has 3 aliphatic rings. The fourth-order valence-electron chi connectivity index (χ4n) is 5.10. The molecule has 10 nitrogen and oxygen atoms in total. The van der Waals surface area contributed by atoms with Gasteiger partial charge in [-0.1, -0.05) is 40.5 Å². The van der Waals surface area contributed by atoms with Crippen LogP contribution in [0, 0.1) is 16.2 Å². The zero-order valence-corrected chi connectivity index (χ0v) is 27.8. The molecule has 0 saturated heterocycles. The van der Waals surface area contributed by atoms with Crippen molar-refractivity contribution in [2.45, 2.75) is 124 Å². The number of aliphatic hydroxyl groups is 2. The molecule has 230 valence electrons. The number of hydrogen-bond acceptors (Lipinski definition) is 9. The summed E-state index contributed by atoms with van der Waals surface area (Å²) >= 11 is 0. The van der Waals surface area contributed by atoms with Crippen molar-refractivity contribution in [3.05, 3.63) is 0 Å². The van der Waals surface area contributed by atoms with Crippen LogP contribution >= 0.6 is 0 Å². The summed E-state index contributed by atoms with van der Waals surface area (Å²) < 4.78 is 9.85. The van der Waals surface area contributed by atoms with Gasteiger partial charge in [0.2, 0.25) is 0 Å². The second-order valence-corrected chi connectivity index (χ2v) is 11.1. The Labute approximate surface area is 281 Å². The zero-order chi connectivity index (χ0) is 28.3. The van der Waals surface area contributed by atoms with Gasteiger partial charge in [0.15, 0.2) is 0 Å². The van der Waals surface area contributed by atoms with E-state index in [-0.39, 0.29) is 80.0 Å². The molecule has 0 spiro atoms. The van der Waals surface area contributed by atoms with Crippen LogP contribution in [0.2, 0.25) is 0 Å². The first-order valence-electron chi connectivity index (χ1n) is 13.8. The van der Waals surface area contributed by atoms with Crippen molar-refractivity contribution in [2.75, 3.05) is 13.2 Å². The van der Waals surface area contributed by atoms with Gasteiger partial charge < -0.3 is 30.3 Å². The third-order valence-electron chi connectivity index (χ3n) is 8.22. The minimum atomic E-state index is -0.891. The largest absolute Gasteiger partial charge is 1.00 e. The van der Waals surface area contributed by atoms with Crippen LogP contribution in [0.3, 0.4) is 0 Å². The molecule has 5 atom stereocenters. The van der Waals surface area contributed by atoms with Crippen LogP contribution in [0.15, 0.2) is 0 Å². The summed E-state index contributed by atoms with van der Waals surface area (Å²) in [5.74, 6) is -1.43. The maximum absolute atomic E-state index is 11.5. The van der Waals surface area contributed by atoms with Gasteiger partial charge >= 0.3 is 66.3 Å². The summed E-state index contributed by atoms with van der Waals surface area (Å²) in [6.45, 7) is 9.41. The molecule has 3 rings (SSSR count). The van der Waals surface area contributed by atoms with Crippen molar-refractivity contribution in [2.24, 2.45) is 16.2 Å². The minimum absolute atomic E-state index is 0. The Morgan fingerprint density at radius 3 is 1.56 bits per heavy atom. The number of ether oxygens (including phenoxy) is 2. The van der Waals surface area contributed by atoms with E-state index < -0.39 is 34.4 Å². The summed E-state index contributed by atoms with van der Waals surface area (Å²) in [4.78, 5) is 45.3. The molecule has 0 radical (unpaired) electrons. The number of esters is 2. The molecule has 0 aromatic heterocycles. The second-order valence-electron chi connectivity index (χ2n) is 11.1. The molecule has 0 aromatic rings. The molecule has 0 amide bonds. The predicted molar refractivity (Wildman–Crippen MR) is 151 cm³/mol. The SMILES string of the molecule is CC1(C(=O)O)CCCCC1O.CCOC(=O)C1(C)CCCCC1=O.CCOC(=O)C1(C)CCCCC1O.[BH4-].[Li+].[Na+].[OH-]. The van der Waals surface area contributed by atoms with Gasteiger partial charge in [0.1, 0.15) is 11.2 Å². The molecule has 13 heteroatoms. The van der Waals surface area contributed by atoms with Gasteiger partial charge in [0.05, 0.1) is 36.3 Å². The average Bonchev–Trinajstić information content (AvgIpc) is 2.86. The van der Waals surface area contributed by atoms with Crippen LogP contribution in [0.4, 0.5) is 0 Å². The molecule has 41 heavy (non-hydrogen) atoms. The van der Waals surface area contributed by atoms with Crippen molar-refractivity contribution in [1.82, 2.24) is 0 Å². The molecule has 0 heterocycles. The first-order valence-corrected chi connectivity index (χ1v) is 13.8. The van der Waals surface area contributed by atoms with Crippen LogP contribution in [0.25, 0.3) is 0 Å². The van der Waals surface area contributed by atoms with E-state index in [1.165, 1.54) is 0 Å². The quantitative estimate of drug-likeness (QED) is 0.166. The van der Waals surface area contributed by atoms with Gasteiger partial charge in [0, 0.05) is 6.42 Å². The van der Waals surface area contributed by atoms with E-state index in [1.54, 1.807) is 34.6 Å². The molecule has 0 aliphatic heterocycles. The van der Waals surface area contributed by atoms with Gasteiger partial charge in [-0.2, -0.15) is 0 Å². The number of hydrogen-bond donors (Lipinski definition) is 3. The predicted octanol–water partition coefficient (Wildman–Crippen LogP) is -3.42. The van der Waals surface area contributed by atoms with Crippen LogP contribution in [0.5, 0.6) is 0 Å². The molecule has 5 unspecified atom stereocenters. The molecule has 3 aliphatic carbocycles. The van der Waals surface area contributed by atoms with E-state index in [9.17, 15) is 29.4 Å². The maximum Gasteiger partial charge on any atom is 1.00 e. The van der Waals surface area contributed by atoms with E-state index in [0.29, 0.717) is 38.9 Å². The van der Waals surface area contributed by atoms with Crippen LogP contribution in [-0.2, 0) is 28.7 Å². The summed E-state index contributed by atoms with van der Waals surface area (Å²) in [7, 11) is 0. The number of ketones is 1. The number of carboxylic acids is 1. The van der Waals surface area contributed by atoms with Crippen LogP contribution in [0.1, 0.15) is 112 Å². The van der Waals surface area contributed by atoms with Crippen molar-refractivity contribution in [3.63, 3.8) is 0 Å². The Morgan fingerprint density at radius 2 is 1.20 bits per heavy atom. The number of aliphatic hydroxyl groups excluding tert-OH is 2. The minimum Gasteiger partial charge on any atom is -0.870 e. The van der Waals surface area contributed by atoms with Gasteiger partial charge in [-0.05, 0) is 73.1 Å². The number of rotatable bonds is 5. The number of carbonyl (C=O) groups excluding carboxylic acids is 3. The molecule has 0 bridgehead atoms. The Hall–Kier alpha value is -0.378. The Balaban J connectivity index is -0.000000240. The third-order valence-corrected chi connectivity index (χ3v) is 8.22. The maximum atomic E-state index is 11.5. The Kier molecular flexibility index (Phi) is 25.7. The third kappa shape index (κ3) is 13.0. The molecule has 0 aromatic carbocycles. The smallest absolute Gasteiger partial charge is 0.870 e. The van der Waals surface area contributed by atoms with Crippen LogP contribution < -0.4 is 48.4 Å². The monoisotopic (exact) mass is 590 g/mol. The topological polar surface area (TPSA) is 177 Å². The fourth-order valence-corrected chi connectivity index (χ4v) is 5.10. The molecular weight excluding hydrogens is 537 g/mol. The number of aliphatic carboxylic acids is 1. The van der Waals surface area contributed by atoms with E-state index in [0.717, 1.165) is 51.4 Å². The van der Waals surface area contributed by atoms with E-state index in [2.05, 4.69) is 0 Å². The normalized spacial score (nSPS) is 30.3. The Bertz CT molecular complexity index is 804. The Morgan fingerprint density at radius 1 is 0.780 bits per heavy atom. The average molecular weight is 590 g/mol. The van der Waals surface area contributed by atoms with Gasteiger partial charge in [-0.3, -0.25) is 19.2 Å². The first-order chi connectivity index (χ1) is 17.3. The van der Waals surface area contributed by atoms with Crippen LogP contribution in [-0.4, -0.2) is 78.3 Å². The van der Waals surface area contributed by atoms with Crippen molar-refractivity contribution in [1.29, 1.82) is 0 Å². The van der Waals surface area contributed by atoms with Crippen molar-refractivity contribution >= 4 is 32.1 Å². The number of Topliss-reactive ketones (excluding diaryl/α,β-unsaturated/α-hetero) is 1. The summed E-state index contributed by atoms with van der Waals surface area (Å²) in [6, 6.07) is 0.